The highest BCUT2D eigenvalue weighted by Gasteiger charge is 2.42. The van der Waals surface area contributed by atoms with E-state index in [-0.39, 0.29) is 11.9 Å². The van der Waals surface area contributed by atoms with Gasteiger partial charge in [-0.05, 0) is 23.3 Å². The van der Waals surface area contributed by atoms with Gasteiger partial charge in [-0.1, -0.05) is 89.9 Å². The van der Waals surface area contributed by atoms with Crippen molar-refractivity contribution in [3.8, 4) is 11.3 Å². The van der Waals surface area contributed by atoms with Crippen LogP contribution in [-0.4, -0.2) is 21.0 Å². The lowest BCUT2D eigenvalue weighted by atomic mass is 9.96. The van der Waals surface area contributed by atoms with Gasteiger partial charge in [0.1, 0.15) is 5.69 Å². The minimum Gasteiger partial charge on any atom is -0.322 e. The highest BCUT2D eigenvalue weighted by Crippen LogP contribution is 2.45. The van der Waals surface area contributed by atoms with Crippen LogP contribution in [0.3, 0.4) is 0 Å². The molecule has 2 heterocycles. The molecule has 0 saturated heterocycles. The van der Waals surface area contributed by atoms with E-state index in [1.165, 1.54) is 0 Å². The van der Waals surface area contributed by atoms with E-state index in [2.05, 4.69) is 10.2 Å². The molecule has 3 aromatic carbocycles. The minimum atomic E-state index is -0.369. The van der Waals surface area contributed by atoms with E-state index in [9.17, 15) is 4.79 Å². The van der Waals surface area contributed by atoms with Crippen molar-refractivity contribution in [3.63, 3.8) is 0 Å². The van der Waals surface area contributed by atoms with Gasteiger partial charge in [-0.25, -0.2) is 0 Å². The van der Waals surface area contributed by atoms with E-state index >= 15 is 0 Å². The first-order valence-corrected chi connectivity index (χ1v) is 10.3. The maximum atomic E-state index is 13.4. The topological polar surface area (TPSA) is 49.0 Å². The Morgan fingerprint density at radius 1 is 0.933 bits per heavy atom. The number of benzene rings is 3. The molecule has 0 bridgehead atoms. The van der Waals surface area contributed by atoms with Crippen LogP contribution in [0.1, 0.15) is 33.2 Å². The van der Waals surface area contributed by atoms with Crippen LogP contribution in [-0.2, 0) is 6.54 Å². The summed E-state index contributed by atoms with van der Waals surface area (Å²) in [6, 6.07) is 24.8. The van der Waals surface area contributed by atoms with E-state index in [4.69, 9.17) is 23.2 Å². The monoisotopic (exact) mass is 433 g/mol. The van der Waals surface area contributed by atoms with E-state index < -0.39 is 0 Å². The van der Waals surface area contributed by atoms with Crippen LogP contribution in [0.2, 0.25) is 10.0 Å². The van der Waals surface area contributed by atoms with Gasteiger partial charge >= 0.3 is 0 Å². The number of halogens is 2. The van der Waals surface area contributed by atoms with Crippen LogP contribution in [0.5, 0.6) is 0 Å². The highest BCUT2D eigenvalue weighted by atomic mass is 35.5. The summed E-state index contributed by atoms with van der Waals surface area (Å²) in [5.41, 5.74) is 4.90. The molecule has 0 radical (unpaired) electrons. The molecule has 4 nitrogen and oxygen atoms in total. The van der Waals surface area contributed by atoms with E-state index in [1.807, 2.05) is 71.6 Å². The number of hydrogen-bond donors (Lipinski definition) is 1. The molecule has 6 heteroatoms. The zero-order valence-corrected chi connectivity index (χ0v) is 17.4. The molecule has 1 N–H and O–H groups in total. The minimum absolute atomic E-state index is 0.0976. The summed E-state index contributed by atoms with van der Waals surface area (Å²) >= 11 is 12.7. The Bertz CT molecular complexity index is 1220. The summed E-state index contributed by atoms with van der Waals surface area (Å²) in [6.45, 7) is 0.458. The van der Waals surface area contributed by atoms with Crippen molar-refractivity contribution in [1.82, 2.24) is 15.1 Å². The molecule has 148 valence electrons. The normalized spacial score (nSPS) is 15.5. The Kier molecular flexibility index (Phi) is 4.81. The van der Waals surface area contributed by atoms with Gasteiger partial charge in [0.05, 0.1) is 11.7 Å². The lowest BCUT2D eigenvalue weighted by molar-refractivity contribution is 0.0730. The third-order valence-electron chi connectivity index (χ3n) is 5.36. The molecule has 1 amide bonds. The van der Waals surface area contributed by atoms with Crippen molar-refractivity contribution in [2.24, 2.45) is 0 Å². The predicted octanol–water partition coefficient (Wildman–Crippen LogP) is 6.13. The molecular formula is C24H17Cl2N3O. The quantitative estimate of drug-likeness (QED) is 0.420. The number of rotatable bonds is 4. The third kappa shape index (κ3) is 3.18. The number of carbonyl (C=O) groups excluding carboxylic acids is 1. The van der Waals surface area contributed by atoms with Crippen molar-refractivity contribution in [3.05, 3.63) is 111 Å². The summed E-state index contributed by atoms with van der Waals surface area (Å²) in [5.74, 6) is -0.0976. The number of carbonyl (C=O) groups is 1. The maximum absolute atomic E-state index is 13.4. The van der Waals surface area contributed by atoms with Gasteiger partial charge in [-0.2, -0.15) is 5.10 Å². The van der Waals surface area contributed by atoms with E-state index in [0.29, 0.717) is 22.3 Å². The zero-order chi connectivity index (χ0) is 20.7. The molecule has 5 rings (SSSR count). The van der Waals surface area contributed by atoms with Crippen molar-refractivity contribution in [2.75, 3.05) is 0 Å². The molecule has 30 heavy (non-hydrogen) atoms. The second kappa shape index (κ2) is 7.63. The molecule has 1 atom stereocenters. The maximum Gasteiger partial charge on any atom is 0.273 e. The summed E-state index contributed by atoms with van der Waals surface area (Å²) in [6.07, 6.45) is 0. The first kappa shape index (κ1) is 18.9. The van der Waals surface area contributed by atoms with Gasteiger partial charge in [0.25, 0.3) is 5.91 Å². The fourth-order valence-corrected chi connectivity index (χ4v) is 4.51. The second-order valence-electron chi connectivity index (χ2n) is 7.21. The van der Waals surface area contributed by atoms with Gasteiger partial charge in [0.15, 0.2) is 0 Å². The van der Waals surface area contributed by atoms with Gasteiger partial charge in [-0.3, -0.25) is 9.89 Å². The average molecular weight is 434 g/mol. The van der Waals surface area contributed by atoms with Gasteiger partial charge < -0.3 is 4.90 Å². The molecule has 1 aliphatic heterocycles. The van der Waals surface area contributed by atoms with Gasteiger partial charge in [0, 0.05) is 27.7 Å². The largest absolute Gasteiger partial charge is 0.322 e. The number of hydrogen-bond acceptors (Lipinski definition) is 2. The molecule has 1 aromatic heterocycles. The van der Waals surface area contributed by atoms with E-state index in [0.717, 1.165) is 27.9 Å². The lowest BCUT2D eigenvalue weighted by Gasteiger charge is -2.27. The number of aromatic amines is 1. The average Bonchev–Trinajstić information content (AvgIpc) is 3.30. The highest BCUT2D eigenvalue weighted by molar-refractivity contribution is 6.35. The second-order valence-corrected chi connectivity index (χ2v) is 8.06. The predicted molar refractivity (Wildman–Crippen MR) is 119 cm³/mol. The summed E-state index contributed by atoms with van der Waals surface area (Å²) < 4.78 is 0. The van der Waals surface area contributed by atoms with Crippen LogP contribution in [0.4, 0.5) is 0 Å². The number of nitrogens with one attached hydrogen (secondary N) is 1. The van der Waals surface area contributed by atoms with Gasteiger partial charge in [-0.15, -0.1) is 0 Å². The number of aromatic nitrogens is 2. The molecule has 0 saturated carbocycles. The Labute approximate surface area is 184 Å². The number of fused-ring (bicyclic) bond motifs is 1. The number of amides is 1. The van der Waals surface area contributed by atoms with Crippen molar-refractivity contribution < 1.29 is 4.79 Å². The Balaban J connectivity index is 1.68. The smallest absolute Gasteiger partial charge is 0.273 e. The molecule has 1 unspecified atom stereocenters. The molecular weight excluding hydrogens is 417 g/mol. The SMILES string of the molecule is O=C1c2[nH]nc(-c3ccccc3)c2C(c2ccc(Cl)cc2Cl)N1Cc1ccccc1. The van der Waals surface area contributed by atoms with E-state index in [1.54, 1.807) is 12.1 Å². The summed E-state index contributed by atoms with van der Waals surface area (Å²) in [4.78, 5) is 15.2. The van der Waals surface area contributed by atoms with Gasteiger partial charge in [0.2, 0.25) is 0 Å². The van der Waals surface area contributed by atoms with Crippen LogP contribution in [0.15, 0.2) is 78.9 Å². The fraction of sp³-hybridized carbons (Fsp3) is 0.0833. The Morgan fingerprint density at radius 3 is 2.33 bits per heavy atom. The van der Waals surface area contributed by atoms with Crippen LogP contribution in [0.25, 0.3) is 11.3 Å². The van der Waals surface area contributed by atoms with Crippen molar-refractivity contribution >= 4 is 29.1 Å². The first-order valence-electron chi connectivity index (χ1n) is 9.57. The molecule has 4 aromatic rings. The molecule has 0 aliphatic carbocycles. The molecule has 0 spiro atoms. The Morgan fingerprint density at radius 2 is 1.63 bits per heavy atom. The van der Waals surface area contributed by atoms with Crippen LogP contribution >= 0.6 is 23.2 Å². The number of nitrogens with zero attached hydrogens (tertiary/aromatic N) is 2. The summed E-state index contributed by atoms with van der Waals surface area (Å²) in [7, 11) is 0. The lowest BCUT2D eigenvalue weighted by Crippen LogP contribution is -2.29. The molecule has 1 aliphatic rings. The van der Waals surface area contributed by atoms with Crippen molar-refractivity contribution in [2.45, 2.75) is 12.6 Å². The first-order chi connectivity index (χ1) is 14.6. The standard InChI is InChI=1S/C24H17Cl2N3O/c25-17-11-12-18(19(26)13-17)23-20-21(16-9-5-2-6-10-16)27-28-22(20)24(30)29(23)14-15-7-3-1-4-8-15/h1-13,23H,14H2,(H,27,28). The summed E-state index contributed by atoms with van der Waals surface area (Å²) in [5, 5.41) is 8.53. The van der Waals surface area contributed by atoms with Crippen LogP contribution in [0, 0.1) is 0 Å². The zero-order valence-electron chi connectivity index (χ0n) is 15.8. The number of H-pyrrole nitrogens is 1. The third-order valence-corrected chi connectivity index (χ3v) is 5.93. The van der Waals surface area contributed by atoms with Crippen molar-refractivity contribution in [1.29, 1.82) is 0 Å². The van der Waals surface area contributed by atoms with Crippen LogP contribution < -0.4 is 0 Å². The molecule has 0 fully saturated rings. The fourth-order valence-electron chi connectivity index (χ4n) is 4.00. The Hall–Kier alpha value is -3.08.